The number of carbonyl (C=O) groups is 2. The zero-order valence-electron chi connectivity index (χ0n) is 9.94. The van der Waals surface area contributed by atoms with E-state index in [1.807, 2.05) is 11.0 Å². The highest BCUT2D eigenvalue weighted by atomic mass is 16.5. The summed E-state index contributed by atoms with van der Waals surface area (Å²) in [6.45, 7) is 3.77. The van der Waals surface area contributed by atoms with Crippen LogP contribution in [0.2, 0.25) is 0 Å². The summed E-state index contributed by atoms with van der Waals surface area (Å²) in [4.78, 5) is 24.9. The second-order valence-electron chi connectivity index (χ2n) is 3.76. The Morgan fingerprint density at radius 1 is 1.71 bits per heavy atom. The second kappa shape index (κ2) is 6.86. The van der Waals surface area contributed by atoms with Crippen LogP contribution in [0, 0.1) is 11.3 Å². The Morgan fingerprint density at radius 2 is 2.47 bits per heavy atom. The number of nitrogens with zero attached hydrogens (tertiary/aromatic N) is 2. The molecule has 1 atom stereocenters. The molecule has 1 amide bonds. The molecule has 0 saturated carbocycles. The van der Waals surface area contributed by atoms with Crippen LogP contribution in [-0.2, 0) is 14.3 Å². The van der Waals surface area contributed by atoms with Crippen LogP contribution in [0.25, 0.3) is 0 Å². The van der Waals surface area contributed by atoms with Gasteiger partial charge >= 0.3 is 5.97 Å². The van der Waals surface area contributed by atoms with Gasteiger partial charge < -0.3 is 10.1 Å². The summed E-state index contributed by atoms with van der Waals surface area (Å²) in [5.74, 6) is -0.543. The number of amides is 1. The van der Waals surface area contributed by atoms with E-state index in [1.165, 1.54) is 0 Å². The van der Waals surface area contributed by atoms with Crippen molar-refractivity contribution < 1.29 is 14.3 Å². The van der Waals surface area contributed by atoms with Gasteiger partial charge in [-0.15, -0.1) is 0 Å². The lowest BCUT2D eigenvalue weighted by Gasteiger charge is -2.33. The summed E-state index contributed by atoms with van der Waals surface area (Å²) in [6, 6.07) is 1.54. The van der Waals surface area contributed by atoms with Crippen molar-refractivity contribution in [1.82, 2.24) is 10.2 Å². The third-order valence-corrected chi connectivity index (χ3v) is 2.62. The topological polar surface area (TPSA) is 82.4 Å². The molecule has 17 heavy (non-hydrogen) atoms. The Morgan fingerprint density at radius 3 is 3.12 bits per heavy atom. The van der Waals surface area contributed by atoms with E-state index < -0.39 is 6.04 Å². The summed E-state index contributed by atoms with van der Waals surface area (Å²) in [5, 5.41) is 11.3. The van der Waals surface area contributed by atoms with Crippen molar-refractivity contribution >= 4 is 11.9 Å². The molecule has 1 fully saturated rings. The van der Waals surface area contributed by atoms with E-state index in [-0.39, 0.29) is 18.3 Å². The van der Waals surface area contributed by atoms with Crippen LogP contribution >= 0.6 is 0 Å². The SMILES string of the molecule is CCOC(=O)CC1C(=O)NCCN1CCC#N. The van der Waals surface area contributed by atoms with Crippen LogP contribution in [-0.4, -0.2) is 49.1 Å². The summed E-state index contributed by atoms with van der Waals surface area (Å²) in [7, 11) is 0. The van der Waals surface area contributed by atoms with Gasteiger partial charge in [0, 0.05) is 26.1 Å². The van der Waals surface area contributed by atoms with Crippen LogP contribution in [0.5, 0.6) is 0 Å². The Hall–Kier alpha value is -1.61. The Labute approximate surface area is 101 Å². The van der Waals surface area contributed by atoms with Gasteiger partial charge in [0.05, 0.1) is 25.1 Å². The lowest BCUT2D eigenvalue weighted by atomic mass is 10.1. The van der Waals surface area contributed by atoms with E-state index in [9.17, 15) is 9.59 Å². The molecule has 6 nitrogen and oxygen atoms in total. The highest BCUT2D eigenvalue weighted by molar-refractivity contribution is 5.87. The molecule has 0 bridgehead atoms. The number of nitriles is 1. The molecule has 1 aliphatic heterocycles. The summed E-state index contributed by atoms with van der Waals surface area (Å²) >= 11 is 0. The first-order valence-electron chi connectivity index (χ1n) is 5.73. The minimum absolute atomic E-state index is 0.0467. The third-order valence-electron chi connectivity index (χ3n) is 2.62. The van der Waals surface area contributed by atoms with Crippen LogP contribution in [0.3, 0.4) is 0 Å². The first kappa shape index (κ1) is 13.5. The standard InChI is InChI=1S/C11H17N3O3/c1-2-17-10(15)8-9-11(16)13-5-7-14(9)6-3-4-12/h9H,2-3,5-8H2,1H3,(H,13,16). The number of carbonyl (C=O) groups excluding carboxylic acids is 2. The van der Waals surface area contributed by atoms with Crippen LogP contribution < -0.4 is 5.32 Å². The van der Waals surface area contributed by atoms with Crippen molar-refractivity contribution in [3.05, 3.63) is 0 Å². The van der Waals surface area contributed by atoms with Crippen molar-refractivity contribution in [3.8, 4) is 6.07 Å². The van der Waals surface area contributed by atoms with Gasteiger partial charge in [0.2, 0.25) is 5.91 Å². The van der Waals surface area contributed by atoms with Gasteiger partial charge in [-0.25, -0.2) is 0 Å². The van der Waals surface area contributed by atoms with Gasteiger partial charge in [-0.05, 0) is 6.92 Å². The average molecular weight is 239 g/mol. The van der Waals surface area contributed by atoms with Crippen molar-refractivity contribution in [2.24, 2.45) is 0 Å². The Bertz CT molecular complexity index is 324. The fourth-order valence-electron chi connectivity index (χ4n) is 1.82. The fraction of sp³-hybridized carbons (Fsp3) is 0.727. The molecular weight excluding hydrogens is 222 g/mol. The predicted molar refractivity (Wildman–Crippen MR) is 59.9 cm³/mol. The Kier molecular flexibility index (Phi) is 5.43. The number of nitrogens with one attached hydrogen (secondary N) is 1. The third kappa shape index (κ3) is 4.04. The molecule has 1 saturated heterocycles. The molecule has 1 heterocycles. The maximum atomic E-state index is 11.7. The van der Waals surface area contributed by atoms with E-state index >= 15 is 0 Å². The molecule has 6 heteroatoms. The van der Waals surface area contributed by atoms with Crippen molar-refractivity contribution in [2.45, 2.75) is 25.8 Å². The average Bonchev–Trinajstić information content (AvgIpc) is 2.30. The van der Waals surface area contributed by atoms with E-state index in [2.05, 4.69) is 5.32 Å². The zero-order chi connectivity index (χ0) is 12.7. The summed E-state index contributed by atoms with van der Waals surface area (Å²) in [5.41, 5.74) is 0. The van der Waals surface area contributed by atoms with Crippen LogP contribution in [0.4, 0.5) is 0 Å². The Balaban J connectivity index is 2.57. The van der Waals surface area contributed by atoms with Gasteiger partial charge in [-0.1, -0.05) is 0 Å². The second-order valence-corrected chi connectivity index (χ2v) is 3.76. The van der Waals surface area contributed by atoms with E-state index in [0.717, 1.165) is 0 Å². The van der Waals surface area contributed by atoms with Gasteiger partial charge in [-0.3, -0.25) is 14.5 Å². The number of hydrogen-bond donors (Lipinski definition) is 1. The highest BCUT2D eigenvalue weighted by Gasteiger charge is 2.31. The highest BCUT2D eigenvalue weighted by Crippen LogP contribution is 2.10. The zero-order valence-corrected chi connectivity index (χ0v) is 9.94. The minimum atomic E-state index is -0.504. The van der Waals surface area contributed by atoms with Crippen molar-refractivity contribution in [2.75, 3.05) is 26.2 Å². The molecule has 1 unspecified atom stereocenters. The smallest absolute Gasteiger partial charge is 0.307 e. The summed E-state index contributed by atoms with van der Waals surface area (Å²) < 4.78 is 4.84. The van der Waals surface area contributed by atoms with E-state index in [1.54, 1.807) is 6.92 Å². The molecule has 1 N–H and O–H groups in total. The monoisotopic (exact) mass is 239 g/mol. The van der Waals surface area contributed by atoms with Crippen LogP contribution in [0.15, 0.2) is 0 Å². The van der Waals surface area contributed by atoms with Crippen LogP contribution in [0.1, 0.15) is 19.8 Å². The van der Waals surface area contributed by atoms with Gasteiger partial charge in [-0.2, -0.15) is 5.26 Å². The summed E-state index contributed by atoms with van der Waals surface area (Å²) in [6.07, 6.45) is 0.401. The molecular formula is C11H17N3O3. The van der Waals surface area contributed by atoms with E-state index in [0.29, 0.717) is 32.7 Å². The van der Waals surface area contributed by atoms with Crippen molar-refractivity contribution in [3.63, 3.8) is 0 Å². The lowest BCUT2D eigenvalue weighted by molar-refractivity contribution is -0.148. The first-order valence-corrected chi connectivity index (χ1v) is 5.73. The van der Waals surface area contributed by atoms with Gasteiger partial charge in [0.15, 0.2) is 0 Å². The normalized spacial score (nSPS) is 20.5. The molecule has 0 aromatic heterocycles. The van der Waals surface area contributed by atoms with Gasteiger partial charge in [0.1, 0.15) is 0 Å². The quantitative estimate of drug-likeness (QED) is 0.663. The first-order chi connectivity index (χ1) is 8.19. The maximum Gasteiger partial charge on any atom is 0.307 e. The minimum Gasteiger partial charge on any atom is -0.466 e. The molecule has 94 valence electrons. The largest absolute Gasteiger partial charge is 0.466 e. The molecule has 0 radical (unpaired) electrons. The maximum absolute atomic E-state index is 11.7. The molecule has 0 spiro atoms. The van der Waals surface area contributed by atoms with Gasteiger partial charge in [0.25, 0.3) is 0 Å². The number of piperazine rings is 1. The number of esters is 1. The fourth-order valence-corrected chi connectivity index (χ4v) is 1.82. The predicted octanol–water partition coefficient (Wildman–Crippen LogP) is -0.346. The molecule has 0 aromatic carbocycles. The molecule has 1 aliphatic rings. The van der Waals surface area contributed by atoms with E-state index in [4.69, 9.17) is 10.00 Å². The molecule has 0 aliphatic carbocycles. The number of hydrogen-bond acceptors (Lipinski definition) is 5. The number of rotatable bonds is 5. The molecule has 0 aromatic rings. The number of ether oxygens (including phenoxy) is 1. The lowest BCUT2D eigenvalue weighted by Crippen LogP contribution is -2.56. The molecule has 1 rings (SSSR count). The van der Waals surface area contributed by atoms with Crippen molar-refractivity contribution in [1.29, 1.82) is 5.26 Å².